The number of aldehydes is 1. The minimum Gasteiger partial charge on any atom is -0.441 e. The van der Waals surface area contributed by atoms with Crippen molar-refractivity contribution in [3.8, 4) is 21.6 Å². The fourth-order valence-electron chi connectivity index (χ4n) is 4.28. The molecule has 0 aliphatic heterocycles. The Morgan fingerprint density at radius 3 is 2.42 bits per heavy atom. The molecule has 1 aliphatic carbocycles. The third-order valence-electron chi connectivity index (χ3n) is 6.66. The molecule has 3 aromatic carbocycles. The summed E-state index contributed by atoms with van der Waals surface area (Å²) in [5, 5.41) is 2.79. The smallest absolute Gasteiger partial charge is 0.412 e. The normalized spacial score (nSPS) is 14.6. The Hall–Kier alpha value is -3.84. The number of ether oxygens (including phenoxy) is 1. The first-order chi connectivity index (χ1) is 17.4. The van der Waals surface area contributed by atoms with E-state index < -0.39 is 12.2 Å². The first-order valence-electron chi connectivity index (χ1n) is 11.8. The van der Waals surface area contributed by atoms with Gasteiger partial charge in [0, 0.05) is 5.56 Å². The molecule has 5 rings (SSSR count). The molecule has 1 amide bonds. The molecule has 0 radical (unpaired) electrons. The summed E-state index contributed by atoms with van der Waals surface area (Å²) in [5.41, 5.74) is 4.46. The van der Waals surface area contributed by atoms with E-state index in [1.807, 2.05) is 60.7 Å². The maximum atomic E-state index is 15.2. The van der Waals surface area contributed by atoms with E-state index in [1.165, 1.54) is 17.6 Å². The molecule has 1 heterocycles. The van der Waals surface area contributed by atoms with E-state index in [1.54, 1.807) is 19.9 Å². The van der Waals surface area contributed by atoms with Gasteiger partial charge in [-0.05, 0) is 66.5 Å². The van der Waals surface area contributed by atoms with Crippen LogP contribution in [0.5, 0.6) is 0 Å². The van der Waals surface area contributed by atoms with Gasteiger partial charge in [-0.25, -0.2) is 9.18 Å². The predicted octanol–water partition coefficient (Wildman–Crippen LogP) is 7.46. The van der Waals surface area contributed by atoms with Crippen LogP contribution in [-0.4, -0.2) is 16.8 Å². The molecule has 0 saturated heterocycles. The van der Waals surface area contributed by atoms with Crippen LogP contribution in [0.15, 0.2) is 72.8 Å². The maximum absolute atomic E-state index is 15.2. The number of hydrogen-bond acceptors (Lipinski definition) is 5. The van der Waals surface area contributed by atoms with Gasteiger partial charge in [-0.15, -0.1) is 0 Å². The third-order valence-corrected chi connectivity index (χ3v) is 7.65. The van der Waals surface area contributed by atoms with E-state index in [-0.39, 0.29) is 11.2 Å². The summed E-state index contributed by atoms with van der Waals surface area (Å²) in [4.78, 5) is 24.6. The van der Waals surface area contributed by atoms with E-state index in [2.05, 4.69) is 9.69 Å². The van der Waals surface area contributed by atoms with Crippen molar-refractivity contribution in [1.29, 1.82) is 0 Å². The average Bonchev–Trinajstić information content (AvgIpc) is 3.62. The van der Waals surface area contributed by atoms with Gasteiger partial charge in [0.2, 0.25) is 0 Å². The molecule has 0 bridgehead atoms. The van der Waals surface area contributed by atoms with Crippen LogP contribution in [0.1, 0.15) is 42.7 Å². The van der Waals surface area contributed by atoms with Crippen LogP contribution in [0.2, 0.25) is 0 Å². The minimum atomic E-state index is -0.600. The van der Waals surface area contributed by atoms with Crippen LogP contribution in [0.4, 0.5) is 14.9 Å². The van der Waals surface area contributed by atoms with Gasteiger partial charge in [-0.3, -0.25) is 5.32 Å². The third kappa shape index (κ3) is 4.66. The maximum Gasteiger partial charge on any atom is 0.412 e. The van der Waals surface area contributed by atoms with Crippen molar-refractivity contribution in [2.45, 2.75) is 38.2 Å². The summed E-state index contributed by atoms with van der Waals surface area (Å²) in [7, 11) is 0. The van der Waals surface area contributed by atoms with Crippen molar-refractivity contribution in [1.82, 2.24) is 4.37 Å². The van der Waals surface area contributed by atoms with E-state index in [9.17, 15) is 9.59 Å². The highest BCUT2D eigenvalue weighted by atomic mass is 32.1. The van der Waals surface area contributed by atoms with Gasteiger partial charge < -0.3 is 9.53 Å². The summed E-state index contributed by atoms with van der Waals surface area (Å²) >= 11 is 1.19. The number of benzene rings is 3. The van der Waals surface area contributed by atoms with Crippen molar-refractivity contribution in [3.05, 3.63) is 95.4 Å². The standard InChI is InChI=1S/C29H25FN2O3S/c1-18-26(31-28(34)35-19(2)20-6-4-3-5-7-20)27(36-32-18)22-10-13-24(25(30)16-22)21-8-11-23(12-9-21)29(17-33)14-15-29/h3-13,16-17,19H,14-15H2,1-2H3,(H,31,34)/t19-/m1/s1. The highest BCUT2D eigenvalue weighted by Gasteiger charge is 2.44. The second-order valence-electron chi connectivity index (χ2n) is 9.10. The summed E-state index contributed by atoms with van der Waals surface area (Å²) in [6.07, 6.45) is 1.71. The predicted molar refractivity (Wildman–Crippen MR) is 140 cm³/mol. The van der Waals surface area contributed by atoms with Crippen LogP contribution in [0.25, 0.3) is 21.6 Å². The molecule has 0 spiro atoms. The van der Waals surface area contributed by atoms with Crippen LogP contribution >= 0.6 is 11.5 Å². The van der Waals surface area contributed by atoms with Crippen molar-refractivity contribution in [3.63, 3.8) is 0 Å². The molecule has 7 heteroatoms. The highest BCUT2D eigenvalue weighted by molar-refractivity contribution is 7.10. The fraction of sp³-hybridized carbons (Fsp3) is 0.207. The number of carbonyl (C=O) groups is 2. The number of aromatic nitrogens is 1. The van der Waals surface area contributed by atoms with Gasteiger partial charge in [-0.1, -0.05) is 66.7 Å². The molecular formula is C29H25FN2O3S. The Morgan fingerprint density at radius 1 is 1.08 bits per heavy atom. The second kappa shape index (κ2) is 9.66. The summed E-state index contributed by atoms with van der Waals surface area (Å²) in [5.74, 6) is -0.381. The Balaban J connectivity index is 1.34. The molecule has 1 N–H and O–H groups in total. The average molecular weight is 501 g/mol. The first kappa shape index (κ1) is 23.9. The molecule has 4 aromatic rings. The summed E-state index contributed by atoms with van der Waals surface area (Å²) in [6, 6.07) is 22.0. The Bertz CT molecular complexity index is 1410. The Morgan fingerprint density at radius 2 is 1.78 bits per heavy atom. The van der Waals surface area contributed by atoms with Gasteiger partial charge in [0.05, 0.1) is 21.7 Å². The lowest BCUT2D eigenvalue weighted by atomic mass is 9.94. The van der Waals surface area contributed by atoms with Gasteiger partial charge in [0.25, 0.3) is 0 Å². The van der Waals surface area contributed by atoms with Crippen molar-refractivity contribution in [2.24, 2.45) is 0 Å². The molecule has 182 valence electrons. The SMILES string of the molecule is Cc1nsc(-c2ccc(-c3ccc(C4(C=O)CC4)cc3)c(F)c2)c1NC(=O)O[C@H](C)c1ccccc1. The topological polar surface area (TPSA) is 68.3 Å². The molecule has 1 aliphatic rings. The zero-order chi connectivity index (χ0) is 25.3. The van der Waals surface area contributed by atoms with Crippen molar-refractivity contribution in [2.75, 3.05) is 5.32 Å². The summed E-state index contributed by atoms with van der Waals surface area (Å²) in [6.45, 7) is 3.59. The van der Waals surface area contributed by atoms with Gasteiger partial charge in [-0.2, -0.15) is 4.37 Å². The lowest BCUT2D eigenvalue weighted by Gasteiger charge is -2.15. The van der Waals surface area contributed by atoms with Crippen molar-refractivity contribution < 1.29 is 18.7 Å². The number of nitrogens with one attached hydrogen (secondary N) is 1. The molecule has 1 atom stereocenters. The van der Waals surface area contributed by atoms with Crippen LogP contribution in [0, 0.1) is 12.7 Å². The van der Waals surface area contributed by atoms with Crippen LogP contribution in [0.3, 0.4) is 0 Å². The Labute approximate surface area is 213 Å². The molecule has 1 fully saturated rings. The van der Waals surface area contributed by atoms with Gasteiger partial charge >= 0.3 is 6.09 Å². The molecular weight excluding hydrogens is 475 g/mol. The van der Waals surface area contributed by atoms with E-state index in [0.29, 0.717) is 27.4 Å². The monoisotopic (exact) mass is 500 g/mol. The van der Waals surface area contributed by atoms with Crippen molar-refractivity contribution >= 4 is 29.6 Å². The zero-order valence-electron chi connectivity index (χ0n) is 20.0. The van der Waals surface area contributed by atoms with E-state index in [0.717, 1.165) is 35.8 Å². The first-order valence-corrected chi connectivity index (χ1v) is 12.5. The number of nitrogens with zero attached hydrogens (tertiary/aromatic N) is 1. The van der Waals surface area contributed by atoms with Gasteiger partial charge in [0.1, 0.15) is 18.2 Å². The number of halogens is 1. The number of carbonyl (C=O) groups excluding carboxylic acids is 2. The highest BCUT2D eigenvalue weighted by Crippen LogP contribution is 2.46. The van der Waals surface area contributed by atoms with Gasteiger partial charge in [0.15, 0.2) is 0 Å². The van der Waals surface area contributed by atoms with E-state index in [4.69, 9.17) is 4.74 Å². The number of hydrogen-bond donors (Lipinski definition) is 1. The molecule has 1 aromatic heterocycles. The Kier molecular flexibility index (Phi) is 6.41. The summed E-state index contributed by atoms with van der Waals surface area (Å²) < 4.78 is 25.1. The molecule has 1 saturated carbocycles. The van der Waals surface area contributed by atoms with Crippen LogP contribution in [-0.2, 0) is 14.9 Å². The fourth-order valence-corrected chi connectivity index (χ4v) is 5.12. The number of aryl methyl sites for hydroxylation is 1. The lowest BCUT2D eigenvalue weighted by Crippen LogP contribution is -2.16. The number of anilines is 1. The zero-order valence-corrected chi connectivity index (χ0v) is 20.8. The number of amides is 1. The quantitative estimate of drug-likeness (QED) is 0.267. The number of rotatable bonds is 7. The lowest BCUT2D eigenvalue weighted by molar-refractivity contribution is -0.109. The van der Waals surface area contributed by atoms with Crippen LogP contribution < -0.4 is 5.32 Å². The molecule has 5 nitrogen and oxygen atoms in total. The van der Waals surface area contributed by atoms with E-state index >= 15 is 4.39 Å². The molecule has 36 heavy (non-hydrogen) atoms. The minimum absolute atomic E-state index is 0.353. The largest absolute Gasteiger partial charge is 0.441 e. The molecule has 0 unspecified atom stereocenters. The second-order valence-corrected chi connectivity index (χ2v) is 9.87.